The van der Waals surface area contributed by atoms with Crippen LogP contribution in [0.1, 0.15) is 17.3 Å². The molecule has 0 radical (unpaired) electrons. The zero-order chi connectivity index (χ0) is 15.3. The van der Waals surface area contributed by atoms with E-state index in [9.17, 15) is 18.4 Å². The topological polar surface area (TPSA) is 91.0 Å². The Morgan fingerprint density at radius 2 is 2.10 bits per heavy atom. The average Bonchev–Trinajstić information content (AvgIpc) is 2.36. The van der Waals surface area contributed by atoms with Crippen LogP contribution in [-0.4, -0.2) is 24.1 Å². The maximum absolute atomic E-state index is 13.3. The van der Waals surface area contributed by atoms with Gasteiger partial charge in [-0.15, -0.1) is 0 Å². The predicted molar refractivity (Wildman–Crippen MR) is 64.2 cm³/mol. The van der Waals surface area contributed by atoms with Crippen LogP contribution in [0, 0.1) is 34.3 Å². The van der Waals surface area contributed by atoms with Crippen molar-refractivity contribution in [2.75, 3.05) is 6.61 Å². The summed E-state index contributed by atoms with van der Waals surface area (Å²) in [6, 6.07) is 3.87. The third kappa shape index (κ3) is 3.68. The monoisotopic (exact) mass is 280 g/mol. The van der Waals surface area contributed by atoms with Crippen molar-refractivity contribution in [3.8, 4) is 6.07 Å². The fourth-order valence-corrected chi connectivity index (χ4v) is 1.36. The highest BCUT2D eigenvalue weighted by molar-refractivity contribution is 6.06. The number of nitriles is 1. The molecule has 0 saturated carbocycles. The number of carbonyl (C=O) groups is 2. The smallest absolute Gasteiger partial charge is 0.341 e. The van der Waals surface area contributed by atoms with E-state index in [1.54, 1.807) is 6.07 Å². The number of hydrogen-bond acceptors (Lipinski definition) is 5. The van der Waals surface area contributed by atoms with Gasteiger partial charge in [0.05, 0.1) is 11.6 Å². The molecule has 1 unspecified atom stereocenters. The maximum atomic E-state index is 13.3. The van der Waals surface area contributed by atoms with E-state index in [2.05, 4.69) is 4.74 Å². The van der Waals surface area contributed by atoms with Crippen molar-refractivity contribution >= 4 is 17.5 Å². The van der Waals surface area contributed by atoms with Crippen LogP contribution >= 0.6 is 0 Å². The summed E-state index contributed by atoms with van der Waals surface area (Å²) in [6.07, 6.45) is 0. The first-order valence-electron chi connectivity index (χ1n) is 5.46. The highest BCUT2D eigenvalue weighted by Gasteiger charge is 2.22. The van der Waals surface area contributed by atoms with E-state index in [4.69, 9.17) is 10.7 Å². The Balaban J connectivity index is 2.71. The number of halogens is 2. The molecule has 20 heavy (non-hydrogen) atoms. The zero-order valence-electron chi connectivity index (χ0n) is 10.4. The van der Waals surface area contributed by atoms with Crippen LogP contribution in [0.2, 0.25) is 0 Å². The number of nitrogens with zero attached hydrogens (tertiary/aromatic N) is 1. The van der Waals surface area contributed by atoms with E-state index in [-0.39, 0.29) is 5.71 Å². The lowest BCUT2D eigenvalue weighted by Gasteiger charge is -2.08. The maximum Gasteiger partial charge on any atom is 0.341 e. The Hall–Kier alpha value is -2.62. The molecule has 104 valence electrons. The van der Waals surface area contributed by atoms with Gasteiger partial charge < -0.3 is 10.1 Å². The number of rotatable bonds is 5. The second kappa shape index (κ2) is 6.52. The third-order valence-corrected chi connectivity index (χ3v) is 2.38. The van der Waals surface area contributed by atoms with Crippen molar-refractivity contribution < 1.29 is 23.1 Å². The molecule has 1 aromatic rings. The number of ether oxygens (including phenoxy) is 1. The summed E-state index contributed by atoms with van der Waals surface area (Å²) in [5.74, 6) is -5.19. The van der Waals surface area contributed by atoms with Gasteiger partial charge in [-0.1, -0.05) is 0 Å². The molecule has 1 atom stereocenters. The number of nitrogens with one attached hydrogen (secondary N) is 1. The largest absolute Gasteiger partial charge is 0.454 e. The Labute approximate surface area is 113 Å². The summed E-state index contributed by atoms with van der Waals surface area (Å²) >= 11 is 0. The molecule has 0 fully saturated rings. The van der Waals surface area contributed by atoms with Crippen LogP contribution < -0.4 is 0 Å². The van der Waals surface area contributed by atoms with E-state index < -0.39 is 41.5 Å². The SMILES string of the molecule is CC(=N)C(C#N)C(=O)COC(=O)c1ccc(F)cc1F. The molecule has 0 bridgehead atoms. The van der Waals surface area contributed by atoms with E-state index in [0.29, 0.717) is 6.07 Å². The first-order chi connectivity index (χ1) is 9.36. The van der Waals surface area contributed by atoms with Gasteiger partial charge in [0, 0.05) is 11.8 Å². The van der Waals surface area contributed by atoms with E-state index in [0.717, 1.165) is 12.1 Å². The molecule has 1 rings (SSSR count). The van der Waals surface area contributed by atoms with Gasteiger partial charge in [0.2, 0.25) is 0 Å². The second-order valence-corrected chi connectivity index (χ2v) is 3.91. The summed E-state index contributed by atoms with van der Waals surface area (Å²) in [7, 11) is 0. The van der Waals surface area contributed by atoms with E-state index >= 15 is 0 Å². The van der Waals surface area contributed by atoms with Crippen LogP contribution in [0.25, 0.3) is 0 Å². The van der Waals surface area contributed by atoms with Crippen LogP contribution in [0.5, 0.6) is 0 Å². The molecule has 5 nitrogen and oxygen atoms in total. The fourth-order valence-electron chi connectivity index (χ4n) is 1.36. The van der Waals surface area contributed by atoms with Gasteiger partial charge in [0.1, 0.15) is 17.6 Å². The molecule has 0 aliphatic rings. The lowest BCUT2D eigenvalue weighted by atomic mass is 10.0. The third-order valence-electron chi connectivity index (χ3n) is 2.38. The standard InChI is InChI=1S/C13H10F2N2O3/c1-7(17)10(5-16)12(18)6-20-13(19)9-3-2-8(14)4-11(9)15/h2-4,10,17H,6H2,1H3. The molecular weight excluding hydrogens is 270 g/mol. The Kier molecular flexibility index (Phi) is 5.03. The molecule has 0 spiro atoms. The number of carbonyl (C=O) groups excluding carboxylic acids is 2. The number of hydrogen-bond donors (Lipinski definition) is 1. The van der Waals surface area contributed by atoms with Gasteiger partial charge in [-0.05, 0) is 19.1 Å². The van der Waals surface area contributed by atoms with Gasteiger partial charge in [-0.25, -0.2) is 13.6 Å². The first-order valence-corrected chi connectivity index (χ1v) is 5.46. The van der Waals surface area contributed by atoms with Crippen molar-refractivity contribution in [3.05, 3.63) is 35.4 Å². The highest BCUT2D eigenvalue weighted by atomic mass is 19.1. The Bertz CT molecular complexity index is 608. The minimum Gasteiger partial charge on any atom is -0.454 e. The van der Waals surface area contributed by atoms with Crippen molar-refractivity contribution in [1.82, 2.24) is 0 Å². The summed E-state index contributed by atoms with van der Waals surface area (Å²) in [5.41, 5.74) is -0.694. The summed E-state index contributed by atoms with van der Waals surface area (Å²) in [4.78, 5) is 23.0. The van der Waals surface area contributed by atoms with Gasteiger partial charge in [-0.3, -0.25) is 4.79 Å². The summed E-state index contributed by atoms with van der Waals surface area (Å²) < 4.78 is 30.5. The van der Waals surface area contributed by atoms with Crippen molar-refractivity contribution in [3.63, 3.8) is 0 Å². The Morgan fingerprint density at radius 1 is 1.45 bits per heavy atom. The normalized spacial score (nSPS) is 11.3. The minimum absolute atomic E-state index is 0.179. The molecular formula is C13H10F2N2O3. The number of benzene rings is 1. The zero-order valence-corrected chi connectivity index (χ0v) is 10.4. The predicted octanol–water partition coefficient (Wildman–Crippen LogP) is 1.87. The lowest BCUT2D eigenvalue weighted by Crippen LogP contribution is -2.25. The van der Waals surface area contributed by atoms with Crippen LogP contribution in [0.3, 0.4) is 0 Å². The van der Waals surface area contributed by atoms with Crippen molar-refractivity contribution in [1.29, 1.82) is 10.7 Å². The number of Topliss-reactive ketones (excluding diaryl/α,β-unsaturated/α-hetero) is 1. The van der Waals surface area contributed by atoms with E-state index in [1.165, 1.54) is 6.92 Å². The van der Waals surface area contributed by atoms with Gasteiger partial charge in [0.25, 0.3) is 0 Å². The summed E-state index contributed by atoms with van der Waals surface area (Å²) in [6.45, 7) is 0.511. The number of esters is 1. The second-order valence-electron chi connectivity index (χ2n) is 3.91. The molecule has 1 aromatic carbocycles. The quantitative estimate of drug-likeness (QED) is 0.658. The highest BCUT2D eigenvalue weighted by Crippen LogP contribution is 2.11. The molecule has 1 N–H and O–H groups in total. The Morgan fingerprint density at radius 3 is 2.60 bits per heavy atom. The molecule has 0 aromatic heterocycles. The van der Waals surface area contributed by atoms with Gasteiger partial charge in [-0.2, -0.15) is 5.26 Å². The van der Waals surface area contributed by atoms with Crippen LogP contribution in [0.15, 0.2) is 18.2 Å². The molecule has 0 amide bonds. The van der Waals surface area contributed by atoms with Crippen LogP contribution in [-0.2, 0) is 9.53 Å². The van der Waals surface area contributed by atoms with Gasteiger partial charge >= 0.3 is 5.97 Å². The molecule has 0 heterocycles. The van der Waals surface area contributed by atoms with E-state index in [1.807, 2.05) is 0 Å². The van der Waals surface area contributed by atoms with Crippen LogP contribution in [0.4, 0.5) is 8.78 Å². The average molecular weight is 280 g/mol. The summed E-state index contributed by atoms with van der Waals surface area (Å²) in [5, 5.41) is 15.9. The molecule has 0 aliphatic heterocycles. The first kappa shape index (κ1) is 15.4. The minimum atomic E-state index is -1.30. The molecule has 0 saturated heterocycles. The van der Waals surface area contributed by atoms with Gasteiger partial charge in [0.15, 0.2) is 12.4 Å². The molecule has 7 heteroatoms. The van der Waals surface area contributed by atoms with Crippen molar-refractivity contribution in [2.24, 2.45) is 5.92 Å². The molecule has 0 aliphatic carbocycles. The fraction of sp³-hybridized carbons (Fsp3) is 0.231. The number of ketones is 1. The lowest BCUT2D eigenvalue weighted by molar-refractivity contribution is -0.122. The van der Waals surface area contributed by atoms with Crippen molar-refractivity contribution in [2.45, 2.75) is 6.92 Å².